The Morgan fingerprint density at radius 1 is 1.25 bits per heavy atom. The van der Waals surface area contributed by atoms with Crippen LogP contribution in [0.15, 0.2) is 34.1 Å². The molecule has 0 saturated heterocycles. The molecular formula is C22H32N3NaO5S. The van der Waals surface area contributed by atoms with Gasteiger partial charge in [-0.05, 0) is 38.6 Å². The number of nitrogens with one attached hydrogen (secondary N) is 1. The van der Waals surface area contributed by atoms with E-state index in [1.807, 2.05) is 33.0 Å². The fourth-order valence-corrected chi connectivity index (χ4v) is 4.02. The Hall–Kier alpha value is -1.52. The van der Waals surface area contributed by atoms with Crippen molar-refractivity contribution in [1.82, 2.24) is 14.8 Å². The van der Waals surface area contributed by atoms with Gasteiger partial charge in [0.2, 0.25) is 5.43 Å². The third-order valence-electron chi connectivity index (χ3n) is 4.86. The predicted octanol–water partition coefficient (Wildman–Crippen LogP) is 2.62. The molecule has 0 unspecified atom stereocenters. The number of alkyl carbamates (subject to hydrolysis) is 1. The summed E-state index contributed by atoms with van der Waals surface area (Å²) in [5.41, 5.74) is 0.0662. The molecule has 0 aliphatic heterocycles. The van der Waals surface area contributed by atoms with E-state index < -0.39 is 11.4 Å². The molecule has 0 atom stereocenters. The molecule has 1 amide bonds. The van der Waals surface area contributed by atoms with Crippen LogP contribution in [0.25, 0.3) is 10.9 Å². The summed E-state index contributed by atoms with van der Waals surface area (Å²) in [7, 11) is 1.98. The molecule has 0 radical (unpaired) electrons. The first-order valence-corrected chi connectivity index (χ1v) is 11.5. The fraction of sp³-hybridized carbons (Fsp3) is 0.500. The van der Waals surface area contributed by atoms with Gasteiger partial charge in [-0.3, -0.25) is 4.79 Å². The van der Waals surface area contributed by atoms with Crippen LogP contribution in [0.2, 0.25) is 0 Å². The first-order valence-electron chi connectivity index (χ1n) is 10.5. The number of thioether (sulfide) groups is 1. The Bertz CT molecular complexity index is 966. The summed E-state index contributed by atoms with van der Waals surface area (Å²) in [4.78, 5) is 38.5. The number of fused-ring (bicyclic) bond motifs is 1. The molecule has 0 bridgehead atoms. The van der Waals surface area contributed by atoms with Crippen molar-refractivity contribution in [3.8, 4) is 0 Å². The van der Waals surface area contributed by atoms with Gasteiger partial charge in [0, 0.05) is 48.4 Å². The van der Waals surface area contributed by atoms with Gasteiger partial charge >= 0.3 is 41.6 Å². The maximum absolute atomic E-state index is 12.6. The van der Waals surface area contributed by atoms with Gasteiger partial charge in [-0.15, -0.1) is 11.8 Å². The van der Waals surface area contributed by atoms with E-state index in [1.165, 1.54) is 6.20 Å². The fourth-order valence-electron chi connectivity index (χ4n) is 3.02. The Morgan fingerprint density at radius 3 is 2.66 bits per heavy atom. The van der Waals surface area contributed by atoms with Crippen LogP contribution in [0.5, 0.6) is 0 Å². The van der Waals surface area contributed by atoms with Gasteiger partial charge in [-0.1, -0.05) is 13.3 Å². The van der Waals surface area contributed by atoms with Crippen LogP contribution in [-0.2, 0) is 11.3 Å². The van der Waals surface area contributed by atoms with Crippen LogP contribution >= 0.6 is 11.8 Å². The van der Waals surface area contributed by atoms with Crippen molar-refractivity contribution in [3.05, 3.63) is 40.2 Å². The van der Waals surface area contributed by atoms with Crippen LogP contribution < -0.4 is 10.7 Å². The van der Waals surface area contributed by atoms with E-state index in [-0.39, 0.29) is 41.2 Å². The minimum absolute atomic E-state index is 0. The van der Waals surface area contributed by atoms with Crippen molar-refractivity contribution in [2.24, 2.45) is 0 Å². The third kappa shape index (κ3) is 8.44. The summed E-state index contributed by atoms with van der Waals surface area (Å²) >= 11 is 1.60. The maximum atomic E-state index is 12.6. The number of nitrogens with zero attached hydrogens (tertiary/aromatic N) is 2. The number of aryl methyl sites for hydroxylation is 1. The summed E-state index contributed by atoms with van der Waals surface area (Å²) in [5.74, 6) is -0.416. The van der Waals surface area contributed by atoms with Crippen molar-refractivity contribution in [3.63, 3.8) is 0 Å². The summed E-state index contributed by atoms with van der Waals surface area (Å²) in [6, 6.07) is 5.59. The number of unbranched alkanes of at least 4 members (excludes halogenated alkanes) is 1. The summed E-state index contributed by atoms with van der Waals surface area (Å²) in [6.07, 6.45) is 2.87. The molecule has 1 heterocycles. The van der Waals surface area contributed by atoms with Crippen molar-refractivity contribution in [1.29, 1.82) is 0 Å². The van der Waals surface area contributed by atoms with E-state index in [1.54, 1.807) is 22.4 Å². The molecule has 2 aromatic rings. The number of amides is 1. The van der Waals surface area contributed by atoms with E-state index in [9.17, 15) is 19.5 Å². The Balaban J connectivity index is 0.00000512. The topological polar surface area (TPSA) is 101 Å². The number of hydrogen-bond acceptors (Lipinski definition) is 6. The number of aromatic nitrogens is 1. The van der Waals surface area contributed by atoms with Crippen LogP contribution in [-0.4, -0.2) is 95.2 Å². The van der Waals surface area contributed by atoms with Crippen LogP contribution in [0, 0.1) is 0 Å². The molecule has 10 heteroatoms. The summed E-state index contributed by atoms with van der Waals surface area (Å²) in [6.45, 7) is 6.98. The van der Waals surface area contributed by atoms with E-state index in [2.05, 4.69) is 10.2 Å². The normalized spacial score (nSPS) is 10.8. The number of carboxylic acid groups (broad SMARTS) is 1. The molecule has 0 spiro atoms. The van der Waals surface area contributed by atoms with E-state index in [0.29, 0.717) is 31.6 Å². The van der Waals surface area contributed by atoms with Gasteiger partial charge in [-0.2, -0.15) is 0 Å². The van der Waals surface area contributed by atoms with Gasteiger partial charge in [0.15, 0.2) is 0 Å². The Labute approximate surface area is 215 Å². The predicted molar refractivity (Wildman–Crippen MR) is 130 cm³/mol. The molecule has 2 rings (SSSR count). The van der Waals surface area contributed by atoms with Crippen molar-refractivity contribution in [2.45, 2.75) is 38.1 Å². The zero-order valence-electron chi connectivity index (χ0n) is 18.3. The van der Waals surface area contributed by atoms with E-state index in [4.69, 9.17) is 4.74 Å². The number of rotatable bonds is 12. The molecule has 32 heavy (non-hydrogen) atoms. The third-order valence-corrected chi connectivity index (χ3v) is 5.83. The number of ether oxygens (including phenoxy) is 1. The SMILES string of the molecule is CCCCOC(=O)NCCN(C)CCSc1ccc2c(c1)c(=O)c(C(=O)O)cn2CC.[NaH]. The summed E-state index contributed by atoms with van der Waals surface area (Å²) < 4.78 is 6.83. The summed E-state index contributed by atoms with van der Waals surface area (Å²) in [5, 5.41) is 12.5. The van der Waals surface area contributed by atoms with Crippen LogP contribution in [0.3, 0.4) is 0 Å². The van der Waals surface area contributed by atoms with Gasteiger partial charge < -0.3 is 24.6 Å². The minimum atomic E-state index is -1.21. The molecule has 2 N–H and O–H groups in total. The second-order valence-electron chi connectivity index (χ2n) is 7.21. The van der Waals surface area contributed by atoms with Gasteiger partial charge in [0.25, 0.3) is 0 Å². The number of aromatic carboxylic acids is 1. The van der Waals surface area contributed by atoms with Crippen molar-refractivity contribution < 1.29 is 19.4 Å². The zero-order valence-corrected chi connectivity index (χ0v) is 19.2. The number of carbonyl (C=O) groups excluding carboxylic acids is 1. The molecule has 8 nitrogen and oxygen atoms in total. The number of likely N-dealkylation sites (N-methyl/N-ethyl adjacent to an activating group) is 1. The monoisotopic (exact) mass is 473 g/mol. The van der Waals surface area contributed by atoms with Gasteiger partial charge in [0.1, 0.15) is 5.56 Å². The molecule has 172 valence electrons. The van der Waals surface area contributed by atoms with E-state index in [0.717, 1.165) is 35.6 Å². The number of carboxylic acids is 1. The molecule has 1 aromatic heterocycles. The number of hydrogen-bond donors (Lipinski definition) is 2. The number of pyridine rings is 1. The Morgan fingerprint density at radius 2 is 2.00 bits per heavy atom. The Kier molecular flexibility index (Phi) is 13.0. The molecular weight excluding hydrogens is 441 g/mol. The molecule has 1 aromatic carbocycles. The second-order valence-corrected chi connectivity index (χ2v) is 8.38. The molecule has 0 fully saturated rings. The first-order chi connectivity index (χ1) is 14.9. The van der Waals surface area contributed by atoms with Crippen molar-refractivity contribution >= 4 is 64.3 Å². The van der Waals surface area contributed by atoms with Crippen molar-refractivity contribution in [2.75, 3.05) is 39.0 Å². The second kappa shape index (κ2) is 14.6. The number of carbonyl (C=O) groups is 2. The standard InChI is InChI=1S/C22H31N3O5S.Na.H/c1-4-6-12-30-22(29)23-9-10-24(3)11-13-31-16-7-8-19-17(14-16)20(26)18(21(27)28)15-25(19)5-2;;/h7-8,14-15H,4-6,9-13H2,1-3H3,(H,23,29)(H,27,28);;. The average molecular weight is 474 g/mol. The zero-order chi connectivity index (χ0) is 22.8. The van der Waals surface area contributed by atoms with Crippen LogP contribution in [0.4, 0.5) is 4.79 Å². The quantitative estimate of drug-likeness (QED) is 0.278. The first kappa shape index (κ1) is 28.5. The molecule has 0 aliphatic carbocycles. The van der Waals surface area contributed by atoms with Gasteiger partial charge in [-0.25, -0.2) is 9.59 Å². The van der Waals surface area contributed by atoms with Crippen LogP contribution in [0.1, 0.15) is 37.0 Å². The van der Waals surface area contributed by atoms with Gasteiger partial charge in [0.05, 0.1) is 12.1 Å². The number of benzene rings is 1. The average Bonchev–Trinajstić information content (AvgIpc) is 2.74. The molecule has 0 saturated carbocycles. The molecule has 0 aliphatic rings. The van der Waals surface area contributed by atoms with E-state index >= 15 is 0 Å².